The number of esters is 1. The number of benzene rings is 1. The van der Waals surface area contributed by atoms with E-state index in [2.05, 4.69) is 4.74 Å². The molecule has 0 aromatic heterocycles. The normalized spacial score (nSPS) is 18.7. The van der Waals surface area contributed by atoms with Gasteiger partial charge in [0.1, 0.15) is 5.75 Å². The first-order valence-electron chi connectivity index (χ1n) is 5.84. The van der Waals surface area contributed by atoms with Gasteiger partial charge in [-0.1, -0.05) is 0 Å². The maximum Gasteiger partial charge on any atom is 0.340 e. The van der Waals surface area contributed by atoms with Gasteiger partial charge >= 0.3 is 5.97 Å². The molecule has 0 saturated carbocycles. The molecule has 2 rings (SSSR count). The van der Waals surface area contributed by atoms with Crippen molar-refractivity contribution in [2.75, 3.05) is 24.4 Å². The Kier molecular flexibility index (Phi) is 3.95. The third kappa shape index (κ3) is 2.66. The summed E-state index contributed by atoms with van der Waals surface area (Å²) in [6.07, 6.45) is 0.366. The van der Waals surface area contributed by atoms with E-state index in [0.29, 0.717) is 24.5 Å². The molecule has 0 spiro atoms. The number of phenolic OH excluding ortho intramolecular Hbond substituents is 1. The molecule has 1 heterocycles. The lowest BCUT2D eigenvalue weighted by atomic mass is 10.1. The Labute approximate surface area is 115 Å². The minimum atomic E-state index is -0.590. The fraction of sp³-hybridized carbons (Fsp3) is 0.385. The number of halogens is 1. The Morgan fingerprint density at radius 3 is 2.89 bits per heavy atom. The van der Waals surface area contributed by atoms with E-state index in [0.717, 1.165) is 0 Å². The number of ether oxygens (including phenoxy) is 1. The van der Waals surface area contributed by atoms with Crippen molar-refractivity contribution in [2.24, 2.45) is 5.92 Å². The van der Waals surface area contributed by atoms with Gasteiger partial charge in [-0.05, 0) is 24.1 Å². The molecule has 5 nitrogen and oxygen atoms in total. The van der Waals surface area contributed by atoms with Gasteiger partial charge in [0.25, 0.3) is 0 Å². The van der Waals surface area contributed by atoms with E-state index in [9.17, 15) is 14.7 Å². The highest BCUT2D eigenvalue weighted by Gasteiger charge is 2.32. The minimum absolute atomic E-state index is 0.0512. The number of anilines is 1. The fourth-order valence-corrected chi connectivity index (χ4v) is 2.36. The second kappa shape index (κ2) is 5.48. The Morgan fingerprint density at radius 2 is 2.32 bits per heavy atom. The van der Waals surface area contributed by atoms with E-state index in [-0.39, 0.29) is 23.1 Å². The average molecular weight is 284 g/mol. The summed E-state index contributed by atoms with van der Waals surface area (Å²) in [7, 11) is 1.25. The van der Waals surface area contributed by atoms with Crippen LogP contribution in [-0.4, -0.2) is 36.5 Å². The predicted octanol–water partition coefficient (Wildman–Crippen LogP) is 1.77. The first-order chi connectivity index (χ1) is 9.06. The molecule has 1 aliphatic heterocycles. The van der Waals surface area contributed by atoms with Gasteiger partial charge in [0.15, 0.2) is 0 Å². The molecule has 1 saturated heterocycles. The minimum Gasteiger partial charge on any atom is -0.508 e. The van der Waals surface area contributed by atoms with Crippen LogP contribution in [0.25, 0.3) is 0 Å². The van der Waals surface area contributed by atoms with Crippen LogP contribution in [0.1, 0.15) is 16.8 Å². The van der Waals surface area contributed by atoms with Gasteiger partial charge < -0.3 is 14.7 Å². The van der Waals surface area contributed by atoms with Crippen LogP contribution in [0.5, 0.6) is 5.75 Å². The summed E-state index contributed by atoms with van der Waals surface area (Å²) < 4.78 is 4.67. The van der Waals surface area contributed by atoms with E-state index in [1.165, 1.54) is 30.2 Å². The highest BCUT2D eigenvalue weighted by Crippen LogP contribution is 2.31. The van der Waals surface area contributed by atoms with Crippen molar-refractivity contribution in [3.63, 3.8) is 0 Å². The standard InChI is InChI=1S/C13H14ClNO4/c1-19-13(18)10-5-9(16)2-3-11(10)15-7-8(6-14)4-12(15)17/h2-3,5,8,16H,4,6-7H2,1H3. The molecule has 1 N–H and O–H groups in total. The fourth-order valence-electron chi connectivity index (χ4n) is 2.15. The van der Waals surface area contributed by atoms with Gasteiger partial charge in [-0.3, -0.25) is 4.79 Å². The van der Waals surface area contributed by atoms with E-state index >= 15 is 0 Å². The summed E-state index contributed by atoms with van der Waals surface area (Å²) in [6, 6.07) is 4.27. The molecule has 0 radical (unpaired) electrons. The highest BCUT2D eigenvalue weighted by atomic mass is 35.5. The van der Waals surface area contributed by atoms with Crippen LogP contribution in [-0.2, 0) is 9.53 Å². The molecule has 1 aromatic rings. The number of phenols is 1. The lowest BCUT2D eigenvalue weighted by Crippen LogP contribution is -2.26. The van der Waals surface area contributed by atoms with Crippen LogP contribution < -0.4 is 4.90 Å². The number of alkyl halides is 1. The summed E-state index contributed by atoms with van der Waals surface area (Å²) >= 11 is 5.77. The van der Waals surface area contributed by atoms with Crippen LogP contribution in [0.4, 0.5) is 5.69 Å². The first-order valence-corrected chi connectivity index (χ1v) is 6.38. The van der Waals surface area contributed by atoms with Crippen molar-refractivity contribution >= 4 is 29.2 Å². The molecular weight excluding hydrogens is 270 g/mol. The smallest absolute Gasteiger partial charge is 0.340 e. The SMILES string of the molecule is COC(=O)c1cc(O)ccc1N1CC(CCl)CC1=O. The van der Waals surface area contributed by atoms with Gasteiger partial charge in [-0.15, -0.1) is 11.6 Å². The van der Waals surface area contributed by atoms with Crippen LogP contribution in [0.15, 0.2) is 18.2 Å². The monoisotopic (exact) mass is 283 g/mol. The van der Waals surface area contributed by atoms with E-state index < -0.39 is 5.97 Å². The average Bonchev–Trinajstić information content (AvgIpc) is 2.79. The summed E-state index contributed by atoms with van der Waals surface area (Å²) in [5.74, 6) is -0.249. The first kappa shape index (κ1) is 13.7. The third-order valence-corrected chi connectivity index (χ3v) is 3.54. The zero-order chi connectivity index (χ0) is 14.0. The lowest BCUT2D eigenvalue weighted by Gasteiger charge is -2.19. The number of aromatic hydroxyl groups is 1. The van der Waals surface area contributed by atoms with Gasteiger partial charge in [0, 0.05) is 18.8 Å². The third-order valence-electron chi connectivity index (χ3n) is 3.10. The zero-order valence-electron chi connectivity index (χ0n) is 10.4. The molecule has 19 heavy (non-hydrogen) atoms. The molecule has 1 atom stereocenters. The molecule has 102 valence electrons. The molecule has 1 unspecified atom stereocenters. The van der Waals surface area contributed by atoms with Crippen molar-refractivity contribution in [1.29, 1.82) is 0 Å². The summed E-state index contributed by atoms with van der Waals surface area (Å²) in [5.41, 5.74) is 0.619. The summed E-state index contributed by atoms with van der Waals surface area (Å²) in [4.78, 5) is 25.2. The number of methoxy groups -OCH3 is 1. The Morgan fingerprint density at radius 1 is 1.58 bits per heavy atom. The number of carbonyl (C=O) groups excluding carboxylic acids is 2. The topological polar surface area (TPSA) is 66.8 Å². The van der Waals surface area contributed by atoms with Crippen molar-refractivity contribution in [3.05, 3.63) is 23.8 Å². The van der Waals surface area contributed by atoms with Crippen molar-refractivity contribution < 1.29 is 19.4 Å². The van der Waals surface area contributed by atoms with Crippen molar-refractivity contribution in [2.45, 2.75) is 6.42 Å². The molecule has 6 heteroatoms. The molecule has 1 aromatic carbocycles. The highest BCUT2D eigenvalue weighted by molar-refractivity contribution is 6.18. The number of hydrogen-bond acceptors (Lipinski definition) is 4. The van der Waals surface area contributed by atoms with Crippen LogP contribution in [0.2, 0.25) is 0 Å². The zero-order valence-corrected chi connectivity index (χ0v) is 11.2. The van der Waals surface area contributed by atoms with E-state index in [1.54, 1.807) is 0 Å². The van der Waals surface area contributed by atoms with Crippen molar-refractivity contribution in [1.82, 2.24) is 0 Å². The number of amides is 1. The maximum atomic E-state index is 11.9. The van der Waals surface area contributed by atoms with Gasteiger partial charge in [0.05, 0.1) is 18.4 Å². The molecular formula is C13H14ClNO4. The number of carbonyl (C=O) groups is 2. The predicted molar refractivity (Wildman–Crippen MR) is 70.6 cm³/mol. The number of hydrogen-bond donors (Lipinski definition) is 1. The largest absolute Gasteiger partial charge is 0.508 e. The van der Waals surface area contributed by atoms with Crippen molar-refractivity contribution in [3.8, 4) is 5.75 Å². The second-order valence-corrected chi connectivity index (χ2v) is 4.73. The quantitative estimate of drug-likeness (QED) is 0.678. The van der Waals surface area contributed by atoms with E-state index in [4.69, 9.17) is 11.6 Å². The van der Waals surface area contributed by atoms with Gasteiger partial charge in [-0.25, -0.2) is 4.79 Å². The summed E-state index contributed by atoms with van der Waals surface area (Å²) in [6.45, 7) is 0.469. The van der Waals surface area contributed by atoms with E-state index in [1.807, 2.05) is 0 Å². The maximum absolute atomic E-state index is 11.9. The Hall–Kier alpha value is -1.75. The lowest BCUT2D eigenvalue weighted by molar-refractivity contribution is -0.117. The van der Waals surface area contributed by atoms with Crippen LogP contribution >= 0.6 is 11.6 Å². The van der Waals surface area contributed by atoms with Crippen LogP contribution in [0, 0.1) is 5.92 Å². The molecule has 0 bridgehead atoms. The summed E-state index contributed by atoms with van der Waals surface area (Å²) in [5, 5.41) is 9.46. The Bertz CT molecular complexity index is 517. The second-order valence-electron chi connectivity index (χ2n) is 4.42. The molecule has 1 amide bonds. The number of rotatable bonds is 3. The van der Waals surface area contributed by atoms with Crippen LogP contribution in [0.3, 0.4) is 0 Å². The molecule has 0 aliphatic carbocycles. The molecule has 1 aliphatic rings. The van der Waals surface area contributed by atoms with Gasteiger partial charge in [-0.2, -0.15) is 0 Å². The van der Waals surface area contributed by atoms with Gasteiger partial charge in [0.2, 0.25) is 5.91 Å². The number of nitrogens with zero attached hydrogens (tertiary/aromatic N) is 1. The molecule has 1 fully saturated rings. The Balaban J connectivity index is 2.39.